The summed E-state index contributed by atoms with van der Waals surface area (Å²) in [7, 11) is 0. The van der Waals surface area contributed by atoms with Crippen LogP contribution in [0, 0.1) is 13.8 Å². The van der Waals surface area contributed by atoms with E-state index in [0.29, 0.717) is 11.4 Å². The third kappa shape index (κ3) is 9.18. The number of para-hydroxylation sites is 1. The number of hydrogen-bond acceptors (Lipinski definition) is 3. The number of phenols is 1. The van der Waals surface area contributed by atoms with E-state index in [1.54, 1.807) is 0 Å². The van der Waals surface area contributed by atoms with Crippen molar-refractivity contribution in [3.8, 4) is 78.6 Å². The van der Waals surface area contributed by atoms with Crippen molar-refractivity contribution in [1.29, 1.82) is 0 Å². The molecule has 69 heavy (non-hydrogen) atoms. The van der Waals surface area contributed by atoms with Crippen molar-refractivity contribution >= 4 is 11.0 Å². The van der Waals surface area contributed by atoms with Crippen LogP contribution in [0.1, 0.15) is 117 Å². The average molecular weight is 907 g/mol. The molecule has 7 aromatic carbocycles. The predicted octanol–water partition coefficient (Wildman–Crippen LogP) is 17.8. The second-order valence-electron chi connectivity index (χ2n) is 22.3. The van der Waals surface area contributed by atoms with Gasteiger partial charge in [-0.3, -0.25) is 9.55 Å². The first-order valence-electron chi connectivity index (χ1n) is 24.9. The summed E-state index contributed by atoms with van der Waals surface area (Å²) in [6.07, 6.45) is 1.89. The fraction of sp³-hybridized carbons (Fsp3) is 0.262. The fourth-order valence-corrected chi connectivity index (χ4v) is 9.68. The maximum absolute atomic E-state index is 12.1. The van der Waals surface area contributed by atoms with Gasteiger partial charge < -0.3 is 5.11 Å². The van der Waals surface area contributed by atoms with Crippen LogP contribution in [0.3, 0.4) is 0 Å². The molecular formula is C65H67N3O. The maximum Gasteiger partial charge on any atom is 0.149 e. The van der Waals surface area contributed by atoms with Gasteiger partial charge in [0.05, 0.1) is 28.0 Å². The summed E-state index contributed by atoms with van der Waals surface area (Å²) in [6, 6.07) is 54.3. The molecule has 0 amide bonds. The van der Waals surface area contributed by atoms with E-state index in [0.717, 1.165) is 78.0 Å². The molecule has 0 saturated heterocycles. The predicted molar refractivity (Wildman–Crippen MR) is 293 cm³/mol. The maximum atomic E-state index is 12.1. The van der Waals surface area contributed by atoms with Crippen molar-refractivity contribution < 1.29 is 6.48 Å². The van der Waals surface area contributed by atoms with Crippen molar-refractivity contribution in [3.63, 3.8) is 0 Å². The third-order valence-electron chi connectivity index (χ3n) is 13.7. The molecule has 0 fully saturated rings. The number of hydrogen-bond donors (Lipinski definition) is 1. The molecule has 0 unspecified atom stereocenters. The number of phenolic OH excluding ortho intramolecular Hbond substituents is 1. The van der Waals surface area contributed by atoms with Crippen molar-refractivity contribution in [2.24, 2.45) is 0 Å². The van der Waals surface area contributed by atoms with Crippen LogP contribution in [0.25, 0.3) is 83.9 Å². The molecule has 0 aliphatic rings. The van der Waals surface area contributed by atoms with Gasteiger partial charge >= 0.3 is 0 Å². The summed E-state index contributed by atoms with van der Waals surface area (Å²) >= 11 is 0. The molecule has 9 rings (SSSR count). The van der Waals surface area contributed by atoms with Gasteiger partial charge in [0.15, 0.2) is 0 Å². The van der Waals surface area contributed by atoms with Gasteiger partial charge in [-0.1, -0.05) is 179 Å². The lowest BCUT2D eigenvalue weighted by molar-refractivity contribution is 0.471. The molecule has 0 bridgehead atoms. The van der Waals surface area contributed by atoms with Gasteiger partial charge in [-0.25, -0.2) is 4.98 Å². The van der Waals surface area contributed by atoms with E-state index in [1.807, 2.05) is 27.0 Å². The zero-order valence-corrected chi connectivity index (χ0v) is 42.8. The molecule has 0 radical (unpaired) electrons. The van der Waals surface area contributed by atoms with Gasteiger partial charge in [0, 0.05) is 18.7 Å². The van der Waals surface area contributed by atoms with E-state index in [-0.39, 0.29) is 22.0 Å². The number of aromatic hydroxyl groups is 1. The average Bonchev–Trinajstić information content (AvgIpc) is 3.70. The number of benzene rings is 7. The van der Waals surface area contributed by atoms with Crippen LogP contribution in [-0.2, 0) is 16.2 Å². The Labute approximate surface area is 412 Å². The first kappa shape index (κ1) is 45.7. The number of rotatable bonds is 8. The molecule has 0 aliphatic carbocycles. The molecule has 348 valence electrons. The summed E-state index contributed by atoms with van der Waals surface area (Å²) in [5.74, 6) is 0.246. The van der Waals surface area contributed by atoms with Gasteiger partial charge in [0.1, 0.15) is 11.6 Å². The lowest BCUT2D eigenvalue weighted by Crippen LogP contribution is -2.13. The summed E-state index contributed by atoms with van der Waals surface area (Å²) in [5.41, 5.74) is 20.4. The summed E-state index contributed by atoms with van der Waals surface area (Å²) in [5, 5.41) is 12.1. The monoisotopic (exact) mass is 907 g/mol. The summed E-state index contributed by atoms with van der Waals surface area (Å²) in [6.45, 7) is 28.3. The third-order valence-corrected chi connectivity index (χ3v) is 13.7. The van der Waals surface area contributed by atoms with Crippen LogP contribution in [0.5, 0.6) is 5.75 Å². The van der Waals surface area contributed by atoms with E-state index in [1.165, 1.54) is 27.8 Å². The van der Waals surface area contributed by atoms with Gasteiger partial charge in [0.25, 0.3) is 0 Å². The lowest BCUT2D eigenvalue weighted by atomic mass is 9.78. The summed E-state index contributed by atoms with van der Waals surface area (Å²) in [4.78, 5) is 10.6. The minimum Gasteiger partial charge on any atom is -0.507 e. The molecule has 0 atom stereocenters. The smallest absolute Gasteiger partial charge is 0.149 e. The van der Waals surface area contributed by atoms with Gasteiger partial charge in [-0.15, -0.1) is 0 Å². The largest absolute Gasteiger partial charge is 0.507 e. The molecule has 0 spiro atoms. The number of fused-ring (bicyclic) bond motifs is 1. The van der Waals surface area contributed by atoms with Crippen molar-refractivity contribution in [1.82, 2.24) is 14.5 Å². The molecule has 1 N–H and O–H groups in total. The Morgan fingerprint density at radius 2 is 1.17 bits per heavy atom. The number of aromatic nitrogens is 3. The molecule has 2 aromatic heterocycles. The topological polar surface area (TPSA) is 50.9 Å². The molecule has 4 heteroatoms. The first-order valence-corrected chi connectivity index (χ1v) is 24.4. The molecule has 0 saturated carbocycles. The standard InChI is InChI=1S/C65H67N3O/c1-40(2)43-25-27-44(28-26-43)46-31-32-66-56(38-46)49-35-48(36-51(37-49)64(8,9)10)53-22-18-24-58-60(53)67-62(54-39-50(63(5,6)7)34-42(4)61(54)69)68(58)57-30-29-47(33-41(57)3)59-52(45-19-15-14-16-20-45)21-17-23-55(59)65(11,12)13/h14-40,69H,1-13H3/i40D. The Morgan fingerprint density at radius 1 is 0.522 bits per heavy atom. The van der Waals surface area contributed by atoms with Crippen molar-refractivity contribution in [2.75, 3.05) is 0 Å². The minimum atomic E-state index is -0.670. The van der Waals surface area contributed by atoms with Gasteiger partial charge in [0.2, 0.25) is 0 Å². The second kappa shape index (κ2) is 17.8. The number of pyridine rings is 1. The van der Waals surface area contributed by atoms with Crippen LogP contribution in [0.2, 0.25) is 0 Å². The van der Waals surface area contributed by atoms with E-state index < -0.39 is 5.89 Å². The molecular weight excluding hydrogens is 839 g/mol. The highest BCUT2D eigenvalue weighted by Gasteiger charge is 2.27. The fourth-order valence-electron chi connectivity index (χ4n) is 9.68. The number of imidazole rings is 1. The van der Waals surface area contributed by atoms with Crippen LogP contribution in [0.15, 0.2) is 158 Å². The number of nitrogens with zero attached hydrogens (tertiary/aromatic N) is 3. The molecule has 9 aromatic rings. The van der Waals surface area contributed by atoms with Gasteiger partial charge in [-0.05, 0) is 157 Å². The Morgan fingerprint density at radius 3 is 1.84 bits per heavy atom. The first-order chi connectivity index (χ1) is 33.0. The molecule has 4 nitrogen and oxygen atoms in total. The SMILES string of the molecule is [2H]C(C)(C)c1ccc(-c2ccnc(-c3cc(-c4cccc5c4nc(-c4cc(C(C)(C)C)cc(C)c4O)n5-c4ccc(-c5c(-c6ccccc6)cccc5C(C)(C)C)cc4C)cc(C(C)(C)C)c3)c2)cc1. The zero-order valence-electron chi connectivity index (χ0n) is 43.8. The molecule has 2 heterocycles. The van der Waals surface area contributed by atoms with Crippen LogP contribution in [-0.4, -0.2) is 19.6 Å². The van der Waals surface area contributed by atoms with E-state index in [4.69, 9.17) is 11.3 Å². The van der Waals surface area contributed by atoms with E-state index in [2.05, 4.69) is 225 Å². The van der Waals surface area contributed by atoms with Crippen LogP contribution >= 0.6 is 0 Å². The van der Waals surface area contributed by atoms with E-state index >= 15 is 0 Å². The van der Waals surface area contributed by atoms with Crippen LogP contribution in [0.4, 0.5) is 0 Å². The Hall–Kier alpha value is -7.04. The Balaban J connectivity index is 1.27. The highest BCUT2D eigenvalue weighted by atomic mass is 16.3. The quantitative estimate of drug-likeness (QED) is 0.165. The number of aryl methyl sites for hydroxylation is 2. The second-order valence-corrected chi connectivity index (χ2v) is 22.3. The van der Waals surface area contributed by atoms with Gasteiger partial charge in [-0.2, -0.15) is 0 Å². The Kier molecular flexibility index (Phi) is 11.8. The lowest BCUT2D eigenvalue weighted by Gasteiger charge is -2.26. The highest BCUT2D eigenvalue weighted by molar-refractivity contribution is 5.97. The highest BCUT2D eigenvalue weighted by Crippen LogP contribution is 2.45. The molecule has 0 aliphatic heterocycles. The van der Waals surface area contributed by atoms with Crippen molar-refractivity contribution in [2.45, 2.75) is 112 Å². The normalized spacial score (nSPS) is 12.7. The minimum absolute atomic E-state index is 0.0973. The Bertz CT molecular complexity index is 3420. The van der Waals surface area contributed by atoms with Crippen LogP contribution < -0.4 is 0 Å². The zero-order chi connectivity index (χ0) is 50.1. The summed E-state index contributed by atoms with van der Waals surface area (Å²) < 4.78 is 10.8. The van der Waals surface area contributed by atoms with E-state index in [9.17, 15) is 5.11 Å². The van der Waals surface area contributed by atoms with Crippen molar-refractivity contribution in [3.05, 3.63) is 191 Å².